The number of methoxy groups -OCH3 is 1. The predicted octanol–water partition coefficient (Wildman–Crippen LogP) is 3.02. The van der Waals surface area contributed by atoms with Gasteiger partial charge in [0.1, 0.15) is 23.7 Å². The van der Waals surface area contributed by atoms with E-state index >= 15 is 0 Å². The van der Waals surface area contributed by atoms with E-state index in [1.807, 2.05) is 12.1 Å². The number of halogens is 2. The highest BCUT2D eigenvalue weighted by Gasteiger charge is 2.49. The van der Waals surface area contributed by atoms with Crippen LogP contribution in [0.15, 0.2) is 46.9 Å². The fourth-order valence-electron chi connectivity index (χ4n) is 3.29. The molecule has 1 atom stereocenters. The number of rotatable bonds is 6. The van der Waals surface area contributed by atoms with Crippen molar-refractivity contribution in [1.82, 2.24) is 15.1 Å². The third-order valence-electron chi connectivity index (χ3n) is 5.07. The summed E-state index contributed by atoms with van der Waals surface area (Å²) in [6.07, 6.45) is 0. The van der Waals surface area contributed by atoms with E-state index in [1.165, 1.54) is 43.2 Å². The molecule has 0 unspecified atom stereocenters. The van der Waals surface area contributed by atoms with Gasteiger partial charge >= 0.3 is 6.03 Å². The Labute approximate surface area is 181 Å². The number of nitrogens with one attached hydrogen (secondary N) is 1. The molecule has 158 valence electrons. The molecule has 1 aliphatic heterocycles. The number of likely N-dealkylation sites (N-methyl/N-ethyl adjacent to an activating group) is 1. The number of urea groups is 1. The Balaban J connectivity index is 1.73. The number of amides is 4. The molecular weight excluding hydrogens is 457 g/mol. The first kappa shape index (κ1) is 21.8. The van der Waals surface area contributed by atoms with Crippen LogP contribution in [0.2, 0.25) is 0 Å². The van der Waals surface area contributed by atoms with Crippen molar-refractivity contribution in [3.63, 3.8) is 0 Å². The molecule has 1 heterocycles. The van der Waals surface area contributed by atoms with Crippen molar-refractivity contribution >= 4 is 33.8 Å². The van der Waals surface area contributed by atoms with Crippen LogP contribution < -0.4 is 10.1 Å². The van der Waals surface area contributed by atoms with Gasteiger partial charge in [-0.2, -0.15) is 0 Å². The number of hydrogen-bond acceptors (Lipinski definition) is 4. The minimum atomic E-state index is -1.36. The lowest BCUT2D eigenvalue weighted by molar-refractivity contribution is -0.138. The van der Waals surface area contributed by atoms with Crippen LogP contribution in [0.5, 0.6) is 5.75 Å². The first-order chi connectivity index (χ1) is 14.2. The maximum atomic E-state index is 13.2. The van der Waals surface area contributed by atoms with Crippen molar-refractivity contribution in [3.05, 3.63) is 63.9 Å². The standard InChI is InChI=1S/C21H21BrFN3O4/c1-21(14-4-7-16(23)8-5-14)19(28)26(20(29)24-21)12-18(27)25(2)11-13-10-15(22)6-9-17(13)30-3/h4-10H,11-12H2,1-3H3,(H,24,29)/t21-/m0/s1. The van der Waals surface area contributed by atoms with Crippen LogP contribution in [-0.2, 0) is 21.7 Å². The van der Waals surface area contributed by atoms with Gasteiger partial charge < -0.3 is 15.0 Å². The average Bonchev–Trinajstić information content (AvgIpc) is 2.92. The Morgan fingerprint density at radius 3 is 2.53 bits per heavy atom. The van der Waals surface area contributed by atoms with Gasteiger partial charge in [-0.3, -0.25) is 14.5 Å². The maximum Gasteiger partial charge on any atom is 0.325 e. The third-order valence-corrected chi connectivity index (χ3v) is 5.56. The van der Waals surface area contributed by atoms with Crippen LogP contribution in [0.1, 0.15) is 18.1 Å². The van der Waals surface area contributed by atoms with Crippen molar-refractivity contribution < 1.29 is 23.5 Å². The van der Waals surface area contributed by atoms with E-state index in [9.17, 15) is 18.8 Å². The van der Waals surface area contributed by atoms with Gasteiger partial charge in [0, 0.05) is 23.6 Å². The first-order valence-electron chi connectivity index (χ1n) is 9.12. The van der Waals surface area contributed by atoms with E-state index in [0.717, 1.165) is 14.9 Å². The summed E-state index contributed by atoms with van der Waals surface area (Å²) in [6, 6.07) is 10.1. The number of hydrogen-bond donors (Lipinski definition) is 1. The van der Waals surface area contributed by atoms with Gasteiger partial charge in [-0.05, 0) is 42.8 Å². The quantitative estimate of drug-likeness (QED) is 0.648. The third kappa shape index (κ3) is 4.16. The molecule has 1 saturated heterocycles. The normalized spacial score (nSPS) is 18.4. The molecule has 7 nitrogen and oxygen atoms in total. The highest BCUT2D eigenvalue weighted by Crippen LogP contribution is 2.29. The van der Waals surface area contributed by atoms with Gasteiger partial charge in [-0.1, -0.05) is 28.1 Å². The SMILES string of the molecule is COc1ccc(Br)cc1CN(C)C(=O)CN1C(=O)N[C@@](C)(c2ccc(F)cc2)C1=O. The minimum absolute atomic E-state index is 0.236. The van der Waals surface area contributed by atoms with Crippen LogP contribution in [-0.4, -0.2) is 48.3 Å². The fourth-order valence-corrected chi connectivity index (χ4v) is 3.70. The molecule has 30 heavy (non-hydrogen) atoms. The lowest BCUT2D eigenvalue weighted by Crippen LogP contribution is -2.43. The van der Waals surface area contributed by atoms with E-state index in [4.69, 9.17) is 4.74 Å². The zero-order chi connectivity index (χ0) is 22.1. The Morgan fingerprint density at radius 1 is 1.23 bits per heavy atom. The second kappa shape index (κ2) is 8.43. The van der Waals surface area contributed by atoms with Gasteiger partial charge in [-0.25, -0.2) is 9.18 Å². The molecule has 0 saturated carbocycles. The molecule has 1 fully saturated rings. The molecule has 2 aromatic carbocycles. The van der Waals surface area contributed by atoms with Crippen molar-refractivity contribution in [3.8, 4) is 5.75 Å². The smallest absolute Gasteiger partial charge is 0.325 e. The first-order valence-corrected chi connectivity index (χ1v) is 9.91. The van der Waals surface area contributed by atoms with Gasteiger partial charge in [-0.15, -0.1) is 0 Å². The molecule has 0 radical (unpaired) electrons. The second-order valence-electron chi connectivity index (χ2n) is 7.16. The number of benzene rings is 2. The zero-order valence-electron chi connectivity index (χ0n) is 16.7. The second-order valence-corrected chi connectivity index (χ2v) is 8.07. The van der Waals surface area contributed by atoms with Gasteiger partial charge in [0.05, 0.1) is 7.11 Å². The van der Waals surface area contributed by atoms with E-state index in [1.54, 1.807) is 13.1 Å². The number of ether oxygens (including phenoxy) is 1. The number of imide groups is 1. The van der Waals surface area contributed by atoms with Gasteiger partial charge in [0.15, 0.2) is 0 Å². The molecule has 4 amide bonds. The average molecular weight is 478 g/mol. The van der Waals surface area contributed by atoms with E-state index in [0.29, 0.717) is 11.3 Å². The van der Waals surface area contributed by atoms with Crippen LogP contribution in [0.3, 0.4) is 0 Å². The van der Waals surface area contributed by atoms with Crippen LogP contribution in [0.4, 0.5) is 9.18 Å². The molecule has 0 bridgehead atoms. The molecular formula is C21H21BrFN3O4. The van der Waals surface area contributed by atoms with E-state index in [-0.39, 0.29) is 6.54 Å². The molecule has 3 rings (SSSR count). The fraction of sp³-hybridized carbons (Fsp3) is 0.286. The zero-order valence-corrected chi connectivity index (χ0v) is 18.3. The number of nitrogens with zero attached hydrogens (tertiary/aromatic N) is 2. The Morgan fingerprint density at radius 2 is 1.90 bits per heavy atom. The maximum absolute atomic E-state index is 13.2. The summed E-state index contributed by atoms with van der Waals surface area (Å²) in [5.41, 5.74) is -0.155. The summed E-state index contributed by atoms with van der Waals surface area (Å²) in [5.74, 6) is -0.808. The highest BCUT2D eigenvalue weighted by atomic mass is 79.9. The number of carbonyl (C=O) groups is 3. The van der Waals surface area contributed by atoms with Crippen molar-refractivity contribution in [2.75, 3.05) is 20.7 Å². The molecule has 1 N–H and O–H groups in total. The summed E-state index contributed by atoms with van der Waals surface area (Å²) >= 11 is 3.39. The summed E-state index contributed by atoms with van der Waals surface area (Å²) in [4.78, 5) is 40.4. The summed E-state index contributed by atoms with van der Waals surface area (Å²) in [5, 5.41) is 2.60. The topological polar surface area (TPSA) is 79.0 Å². The van der Waals surface area contributed by atoms with Crippen molar-refractivity contribution in [1.29, 1.82) is 0 Å². The lowest BCUT2D eigenvalue weighted by atomic mass is 9.92. The molecule has 0 spiro atoms. The number of carbonyl (C=O) groups excluding carboxylic acids is 3. The van der Waals surface area contributed by atoms with Crippen molar-refractivity contribution in [2.45, 2.75) is 19.0 Å². The monoisotopic (exact) mass is 477 g/mol. The molecule has 0 aliphatic carbocycles. The largest absolute Gasteiger partial charge is 0.496 e. The van der Waals surface area contributed by atoms with Crippen LogP contribution >= 0.6 is 15.9 Å². The van der Waals surface area contributed by atoms with Crippen LogP contribution in [0.25, 0.3) is 0 Å². The van der Waals surface area contributed by atoms with Gasteiger partial charge in [0.2, 0.25) is 5.91 Å². The summed E-state index contributed by atoms with van der Waals surface area (Å²) < 4.78 is 19.4. The minimum Gasteiger partial charge on any atom is -0.496 e. The van der Waals surface area contributed by atoms with E-state index < -0.39 is 35.7 Å². The Hall–Kier alpha value is -2.94. The summed E-state index contributed by atoms with van der Waals surface area (Å²) in [7, 11) is 3.12. The van der Waals surface area contributed by atoms with Crippen LogP contribution in [0, 0.1) is 5.82 Å². The molecule has 2 aromatic rings. The molecule has 9 heteroatoms. The van der Waals surface area contributed by atoms with Gasteiger partial charge in [0.25, 0.3) is 5.91 Å². The van der Waals surface area contributed by atoms with Crippen molar-refractivity contribution in [2.24, 2.45) is 0 Å². The predicted molar refractivity (Wildman–Crippen MR) is 111 cm³/mol. The van der Waals surface area contributed by atoms with E-state index in [2.05, 4.69) is 21.2 Å². The lowest BCUT2D eigenvalue weighted by Gasteiger charge is -2.23. The highest BCUT2D eigenvalue weighted by molar-refractivity contribution is 9.10. The Bertz CT molecular complexity index is 998. The Kier molecular flexibility index (Phi) is 6.12. The molecule has 1 aliphatic rings. The summed E-state index contributed by atoms with van der Waals surface area (Å²) in [6.45, 7) is 1.36. The molecule has 0 aromatic heterocycles.